The van der Waals surface area contributed by atoms with Crippen molar-refractivity contribution >= 4 is 23.4 Å². The second-order valence-corrected chi connectivity index (χ2v) is 3.68. The van der Waals surface area contributed by atoms with E-state index in [-0.39, 0.29) is 23.5 Å². The average molecular weight is 263 g/mol. The topological polar surface area (TPSA) is 110 Å². The number of nitrogens with zero attached hydrogens (tertiary/aromatic N) is 3. The van der Waals surface area contributed by atoms with Crippen LogP contribution < -0.4 is 0 Å². The van der Waals surface area contributed by atoms with Gasteiger partial charge in [-0.15, -0.1) is 4.91 Å². The molecule has 0 aromatic carbocycles. The van der Waals surface area contributed by atoms with Gasteiger partial charge in [-0.25, -0.2) is 9.78 Å². The van der Waals surface area contributed by atoms with Crippen LogP contribution in [0.3, 0.4) is 0 Å². The number of hydrogen-bond donors (Lipinski definition) is 1. The van der Waals surface area contributed by atoms with Crippen LogP contribution in [-0.2, 0) is 16.0 Å². The predicted octanol–water partition coefficient (Wildman–Crippen LogP) is 1.15. The zero-order valence-corrected chi connectivity index (χ0v) is 9.86. The van der Waals surface area contributed by atoms with E-state index in [2.05, 4.69) is 14.9 Å². The minimum atomic E-state index is -1.14. The molecule has 0 saturated heterocycles. The van der Waals surface area contributed by atoms with Gasteiger partial charge < -0.3 is 9.84 Å². The number of carboxylic acid groups (broad SMARTS) is 1. The fraction of sp³-hybridized carbons (Fsp3) is 0.182. The van der Waals surface area contributed by atoms with Gasteiger partial charge in [0.25, 0.3) is 0 Å². The number of imidazole rings is 1. The summed E-state index contributed by atoms with van der Waals surface area (Å²) in [5.74, 6) is -1.81. The van der Waals surface area contributed by atoms with Gasteiger partial charge in [0, 0.05) is 6.20 Å². The average Bonchev–Trinajstić information content (AvgIpc) is 2.74. The van der Waals surface area contributed by atoms with E-state index in [1.165, 1.54) is 29.8 Å². The number of aromatic carboxylic acids is 1. The SMILES string of the molecule is COC(=O)Cc1nc2ccc(C(=O)O)cn2c1N=O. The minimum Gasteiger partial charge on any atom is -0.478 e. The standard InChI is InChI=1S/C11H9N3O5/c1-19-9(15)4-7-10(13-18)14-5-6(11(16)17)2-3-8(14)12-7/h2-3,5H,4H2,1H3,(H,16,17). The van der Waals surface area contributed by atoms with Crippen molar-refractivity contribution in [2.45, 2.75) is 6.42 Å². The third-order valence-electron chi connectivity index (χ3n) is 2.54. The van der Waals surface area contributed by atoms with Gasteiger partial charge in [-0.1, -0.05) is 0 Å². The Kier molecular flexibility index (Phi) is 3.23. The van der Waals surface area contributed by atoms with Gasteiger partial charge in [-0.2, -0.15) is 0 Å². The zero-order valence-electron chi connectivity index (χ0n) is 9.86. The highest BCUT2D eigenvalue weighted by Crippen LogP contribution is 2.22. The second-order valence-electron chi connectivity index (χ2n) is 3.68. The molecule has 0 amide bonds. The smallest absolute Gasteiger partial charge is 0.337 e. The molecular formula is C11H9N3O5. The first-order valence-corrected chi connectivity index (χ1v) is 5.21. The molecule has 0 spiro atoms. The normalized spacial score (nSPS) is 10.4. The largest absolute Gasteiger partial charge is 0.478 e. The third-order valence-corrected chi connectivity index (χ3v) is 2.54. The summed E-state index contributed by atoms with van der Waals surface area (Å²) in [6.45, 7) is 0. The fourth-order valence-corrected chi connectivity index (χ4v) is 1.63. The maximum Gasteiger partial charge on any atom is 0.337 e. The van der Waals surface area contributed by atoms with Gasteiger partial charge in [-0.3, -0.25) is 9.20 Å². The van der Waals surface area contributed by atoms with E-state index < -0.39 is 11.9 Å². The Morgan fingerprint density at radius 2 is 2.21 bits per heavy atom. The summed E-state index contributed by atoms with van der Waals surface area (Å²) in [4.78, 5) is 36.9. The summed E-state index contributed by atoms with van der Waals surface area (Å²) < 4.78 is 5.72. The van der Waals surface area contributed by atoms with Crippen LogP contribution in [0.1, 0.15) is 16.1 Å². The highest BCUT2D eigenvalue weighted by molar-refractivity contribution is 5.87. The molecule has 0 aliphatic carbocycles. The third kappa shape index (κ3) is 2.28. The molecule has 0 bridgehead atoms. The first kappa shape index (κ1) is 12.7. The zero-order chi connectivity index (χ0) is 14.0. The number of carboxylic acids is 1. The van der Waals surface area contributed by atoms with Crippen LogP contribution in [-0.4, -0.2) is 33.5 Å². The van der Waals surface area contributed by atoms with Crippen LogP contribution in [0.4, 0.5) is 5.82 Å². The van der Waals surface area contributed by atoms with Crippen molar-refractivity contribution in [2.75, 3.05) is 7.11 Å². The van der Waals surface area contributed by atoms with Gasteiger partial charge >= 0.3 is 11.9 Å². The number of fused-ring (bicyclic) bond motifs is 1. The quantitative estimate of drug-likeness (QED) is 0.654. The molecule has 8 nitrogen and oxygen atoms in total. The van der Waals surface area contributed by atoms with Crippen molar-refractivity contribution in [3.8, 4) is 0 Å². The summed E-state index contributed by atoms with van der Waals surface area (Å²) in [5, 5.41) is 11.7. The Balaban J connectivity index is 2.58. The van der Waals surface area contributed by atoms with Crippen molar-refractivity contribution < 1.29 is 19.4 Å². The molecule has 2 rings (SSSR count). The number of pyridine rings is 1. The van der Waals surface area contributed by atoms with Crippen LogP contribution in [0.2, 0.25) is 0 Å². The molecule has 0 aliphatic heterocycles. The Bertz CT molecular complexity index is 676. The summed E-state index contributed by atoms with van der Waals surface area (Å²) in [6, 6.07) is 2.78. The van der Waals surface area contributed by atoms with Crippen molar-refractivity contribution in [1.82, 2.24) is 9.38 Å². The Morgan fingerprint density at radius 1 is 1.47 bits per heavy atom. The highest BCUT2D eigenvalue weighted by Gasteiger charge is 2.17. The second kappa shape index (κ2) is 4.84. The summed E-state index contributed by atoms with van der Waals surface area (Å²) in [6.07, 6.45) is 1.02. The van der Waals surface area contributed by atoms with Crippen molar-refractivity contribution in [3.63, 3.8) is 0 Å². The minimum absolute atomic E-state index is 0.0144. The van der Waals surface area contributed by atoms with Crippen molar-refractivity contribution in [2.24, 2.45) is 5.18 Å². The highest BCUT2D eigenvalue weighted by atomic mass is 16.5. The molecule has 2 aromatic heterocycles. The summed E-state index contributed by atoms with van der Waals surface area (Å²) in [5.41, 5.74) is 0.460. The maximum absolute atomic E-state index is 11.2. The number of nitroso groups, excluding NO2 is 1. The number of rotatable bonds is 4. The molecule has 0 atom stereocenters. The first-order chi connectivity index (χ1) is 9.06. The van der Waals surface area contributed by atoms with E-state index in [9.17, 15) is 14.5 Å². The van der Waals surface area contributed by atoms with E-state index in [0.29, 0.717) is 5.65 Å². The van der Waals surface area contributed by atoms with Gasteiger partial charge in [0.15, 0.2) is 0 Å². The molecule has 19 heavy (non-hydrogen) atoms. The van der Waals surface area contributed by atoms with Crippen LogP contribution in [0.5, 0.6) is 0 Å². The predicted molar refractivity (Wildman–Crippen MR) is 63.3 cm³/mol. The van der Waals surface area contributed by atoms with Gasteiger partial charge in [0.05, 0.1) is 19.1 Å². The molecule has 0 unspecified atom stereocenters. The lowest BCUT2D eigenvalue weighted by molar-refractivity contribution is -0.139. The molecule has 1 N–H and O–H groups in total. The summed E-state index contributed by atoms with van der Waals surface area (Å²) in [7, 11) is 1.22. The number of esters is 1. The molecule has 0 saturated carbocycles. The Hall–Kier alpha value is -2.77. The lowest BCUT2D eigenvalue weighted by Crippen LogP contribution is -2.04. The van der Waals surface area contributed by atoms with Gasteiger partial charge in [0.1, 0.15) is 11.3 Å². The number of aromatic nitrogens is 2. The van der Waals surface area contributed by atoms with E-state index in [0.717, 1.165) is 0 Å². The lowest BCUT2D eigenvalue weighted by atomic mass is 10.3. The maximum atomic E-state index is 11.2. The monoisotopic (exact) mass is 263 g/mol. The van der Waals surface area contributed by atoms with Crippen LogP contribution in [0.15, 0.2) is 23.5 Å². The Labute approximate surface area is 106 Å². The summed E-state index contributed by atoms with van der Waals surface area (Å²) >= 11 is 0. The van der Waals surface area contributed by atoms with Gasteiger partial charge in [-0.05, 0) is 17.3 Å². The Morgan fingerprint density at radius 3 is 2.79 bits per heavy atom. The number of carbonyl (C=O) groups is 2. The molecule has 2 aromatic rings. The number of hydrogen-bond acceptors (Lipinski definition) is 6. The van der Waals surface area contributed by atoms with Crippen LogP contribution >= 0.6 is 0 Å². The first-order valence-electron chi connectivity index (χ1n) is 5.21. The fourth-order valence-electron chi connectivity index (χ4n) is 1.63. The molecule has 0 radical (unpaired) electrons. The molecule has 0 fully saturated rings. The molecule has 2 heterocycles. The van der Waals surface area contributed by atoms with Gasteiger partial charge in [0.2, 0.25) is 5.82 Å². The number of ether oxygens (including phenoxy) is 1. The van der Waals surface area contributed by atoms with E-state index in [1.54, 1.807) is 0 Å². The van der Waals surface area contributed by atoms with E-state index >= 15 is 0 Å². The van der Waals surface area contributed by atoms with Crippen molar-refractivity contribution in [3.05, 3.63) is 34.5 Å². The molecular weight excluding hydrogens is 254 g/mol. The number of methoxy groups -OCH3 is 1. The van der Waals surface area contributed by atoms with Crippen LogP contribution in [0.25, 0.3) is 5.65 Å². The van der Waals surface area contributed by atoms with E-state index in [4.69, 9.17) is 5.11 Å². The number of carbonyl (C=O) groups excluding carboxylic acids is 1. The lowest BCUT2D eigenvalue weighted by Gasteiger charge is -1.98. The van der Waals surface area contributed by atoms with E-state index in [1.807, 2.05) is 0 Å². The molecule has 98 valence electrons. The van der Waals surface area contributed by atoms with Crippen molar-refractivity contribution in [1.29, 1.82) is 0 Å². The molecule has 0 aliphatic rings. The molecule has 8 heteroatoms. The van der Waals surface area contributed by atoms with Crippen LogP contribution in [0, 0.1) is 4.91 Å².